The van der Waals surface area contributed by atoms with E-state index in [4.69, 9.17) is 4.74 Å². The molecule has 0 bridgehead atoms. The highest BCUT2D eigenvalue weighted by Gasteiger charge is 2.23. The third-order valence-electron chi connectivity index (χ3n) is 4.03. The fourth-order valence-electron chi connectivity index (χ4n) is 2.61. The van der Waals surface area contributed by atoms with Gasteiger partial charge in [0.15, 0.2) is 5.13 Å². The summed E-state index contributed by atoms with van der Waals surface area (Å²) in [7, 11) is 0. The molecule has 5 nitrogen and oxygen atoms in total. The molecule has 2 heterocycles. The Morgan fingerprint density at radius 1 is 1.42 bits per heavy atom. The van der Waals surface area contributed by atoms with E-state index in [1.165, 1.54) is 23.5 Å². The molecule has 1 atom stereocenters. The summed E-state index contributed by atoms with van der Waals surface area (Å²) in [5.74, 6) is -0.344. The van der Waals surface area contributed by atoms with Crippen molar-refractivity contribution in [1.29, 1.82) is 0 Å². The molecule has 1 saturated heterocycles. The number of halogens is 1. The summed E-state index contributed by atoms with van der Waals surface area (Å²) in [6.07, 6.45) is -0.142. The maximum atomic E-state index is 13.0. The molecule has 1 aliphatic rings. The molecule has 2 aromatic rings. The number of nitrogens with one attached hydrogen (secondary N) is 1. The number of rotatable bonds is 4. The number of nitrogens with zero attached hydrogens (tertiary/aromatic N) is 2. The average molecular weight is 349 g/mol. The summed E-state index contributed by atoms with van der Waals surface area (Å²) in [6, 6.07) is 6.31. The van der Waals surface area contributed by atoms with Gasteiger partial charge in [0.1, 0.15) is 5.82 Å². The van der Waals surface area contributed by atoms with E-state index in [1.54, 1.807) is 12.1 Å². The second kappa shape index (κ2) is 7.38. The summed E-state index contributed by atoms with van der Waals surface area (Å²) < 4.78 is 18.8. The van der Waals surface area contributed by atoms with Gasteiger partial charge >= 0.3 is 0 Å². The number of hydrogen-bond donors (Lipinski definition) is 1. The van der Waals surface area contributed by atoms with Gasteiger partial charge in [0.05, 0.1) is 24.9 Å². The minimum atomic E-state index is -0.264. The van der Waals surface area contributed by atoms with Gasteiger partial charge in [-0.05, 0) is 31.5 Å². The second-order valence-electron chi connectivity index (χ2n) is 5.85. The SMILES string of the molecule is Cc1nc(NC(=O)CN2CCO[C@H](c3ccc(F)cc3)C2)sc1C. The zero-order valence-electron chi connectivity index (χ0n) is 13.7. The number of ether oxygens (including phenoxy) is 1. The zero-order valence-corrected chi connectivity index (χ0v) is 14.5. The van der Waals surface area contributed by atoms with E-state index in [0.717, 1.165) is 16.1 Å². The fourth-order valence-corrected chi connectivity index (χ4v) is 3.44. The lowest BCUT2D eigenvalue weighted by Gasteiger charge is -2.32. The van der Waals surface area contributed by atoms with E-state index in [9.17, 15) is 9.18 Å². The van der Waals surface area contributed by atoms with Crippen LogP contribution < -0.4 is 5.32 Å². The molecule has 1 aromatic heterocycles. The van der Waals surface area contributed by atoms with Crippen molar-refractivity contribution in [2.24, 2.45) is 0 Å². The lowest BCUT2D eigenvalue weighted by atomic mass is 10.1. The summed E-state index contributed by atoms with van der Waals surface area (Å²) in [5.41, 5.74) is 1.87. The number of hydrogen-bond acceptors (Lipinski definition) is 5. The Labute approximate surface area is 144 Å². The van der Waals surface area contributed by atoms with Crippen LogP contribution in [0.4, 0.5) is 9.52 Å². The van der Waals surface area contributed by atoms with Gasteiger partial charge in [-0.3, -0.25) is 9.69 Å². The molecule has 0 unspecified atom stereocenters. The number of aryl methyl sites for hydroxylation is 2. The third-order valence-corrected chi connectivity index (χ3v) is 5.02. The van der Waals surface area contributed by atoms with E-state index in [0.29, 0.717) is 31.4 Å². The predicted molar refractivity (Wildman–Crippen MR) is 91.8 cm³/mol. The number of morpholine rings is 1. The highest BCUT2D eigenvalue weighted by atomic mass is 32.1. The summed E-state index contributed by atoms with van der Waals surface area (Å²) >= 11 is 1.48. The normalized spacial score (nSPS) is 18.5. The van der Waals surface area contributed by atoms with Crippen LogP contribution in [0.5, 0.6) is 0 Å². The maximum absolute atomic E-state index is 13.0. The van der Waals surface area contributed by atoms with Crippen LogP contribution in [0, 0.1) is 19.7 Å². The van der Waals surface area contributed by atoms with E-state index in [2.05, 4.69) is 10.3 Å². The zero-order chi connectivity index (χ0) is 17.1. The number of thiazole rings is 1. The molecule has 1 aliphatic heterocycles. The van der Waals surface area contributed by atoms with Gasteiger partial charge in [0.25, 0.3) is 0 Å². The number of benzene rings is 1. The highest BCUT2D eigenvalue weighted by molar-refractivity contribution is 7.15. The van der Waals surface area contributed by atoms with Crippen molar-refractivity contribution in [2.75, 3.05) is 31.6 Å². The van der Waals surface area contributed by atoms with Crippen molar-refractivity contribution >= 4 is 22.4 Å². The predicted octanol–water partition coefficient (Wildman–Crippen LogP) is 2.91. The molecule has 1 N–H and O–H groups in total. The highest BCUT2D eigenvalue weighted by Crippen LogP contribution is 2.23. The van der Waals surface area contributed by atoms with E-state index in [-0.39, 0.29) is 17.8 Å². The molecule has 128 valence electrons. The minimum absolute atomic E-state index is 0.0801. The van der Waals surface area contributed by atoms with Crippen LogP contribution >= 0.6 is 11.3 Å². The number of aromatic nitrogens is 1. The van der Waals surface area contributed by atoms with E-state index >= 15 is 0 Å². The van der Waals surface area contributed by atoms with Crippen molar-refractivity contribution in [3.8, 4) is 0 Å². The molecular formula is C17H20FN3O2S. The van der Waals surface area contributed by atoms with Crippen LogP contribution in [0.2, 0.25) is 0 Å². The molecule has 1 amide bonds. The smallest absolute Gasteiger partial charge is 0.240 e. The first-order valence-electron chi connectivity index (χ1n) is 7.84. The molecular weight excluding hydrogens is 329 g/mol. The van der Waals surface area contributed by atoms with Crippen molar-refractivity contribution < 1.29 is 13.9 Å². The van der Waals surface area contributed by atoms with Crippen LogP contribution in [0.3, 0.4) is 0 Å². The Bertz CT molecular complexity index is 698. The minimum Gasteiger partial charge on any atom is -0.371 e. The van der Waals surface area contributed by atoms with E-state index in [1.807, 2.05) is 18.7 Å². The molecule has 1 aromatic carbocycles. The topological polar surface area (TPSA) is 54.5 Å². The summed E-state index contributed by atoms with van der Waals surface area (Å²) in [4.78, 5) is 19.7. The third kappa shape index (κ3) is 4.17. The second-order valence-corrected chi connectivity index (χ2v) is 7.06. The Kier molecular flexibility index (Phi) is 5.23. The van der Waals surface area contributed by atoms with Crippen LogP contribution in [-0.2, 0) is 9.53 Å². The van der Waals surface area contributed by atoms with Gasteiger partial charge in [0, 0.05) is 18.0 Å². The van der Waals surface area contributed by atoms with Crippen LogP contribution in [0.1, 0.15) is 22.2 Å². The van der Waals surface area contributed by atoms with Crippen LogP contribution in [0.15, 0.2) is 24.3 Å². The lowest BCUT2D eigenvalue weighted by molar-refractivity contribution is -0.119. The average Bonchev–Trinajstić information content (AvgIpc) is 2.86. The van der Waals surface area contributed by atoms with E-state index < -0.39 is 0 Å². The summed E-state index contributed by atoms with van der Waals surface area (Å²) in [5, 5.41) is 3.49. The maximum Gasteiger partial charge on any atom is 0.240 e. The first kappa shape index (κ1) is 17.0. The van der Waals surface area contributed by atoms with Crippen molar-refractivity contribution in [1.82, 2.24) is 9.88 Å². The first-order chi connectivity index (χ1) is 11.5. The standard InChI is InChI=1S/C17H20FN3O2S/c1-11-12(2)24-17(19-11)20-16(22)10-21-7-8-23-15(9-21)13-3-5-14(18)6-4-13/h3-6,15H,7-10H2,1-2H3,(H,19,20,22)/t15-/m0/s1. The quantitative estimate of drug-likeness (QED) is 0.922. The molecule has 3 rings (SSSR count). The molecule has 24 heavy (non-hydrogen) atoms. The Morgan fingerprint density at radius 2 is 2.17 bits per heavy atom. The van der Waals surface area contributed by atoms with Gasteiger partial charge in [-0.25, -0.2) is 9.37 Å². The molecule has 1 fully saturated rings. The van der Waals surface area contributed by atoms with Gasteiger partial charge in [-0.2, -0.15) is 0 Å². The largest absolute Gasteiger partial charge is 0.371 e. The molecule has 0 spiro atoms. The van der Waals surface area contributed by atoms with Crippen molar-refractivity contribution in [3.63, 3.8) is 0 Å². The first-order valence-corrected chi connectivity index (χ1v) is 8.66. The fraction of sp³-hybridized carbons (Fsp3) is 0.412. The number of amides is 1. The van der Waals surface area contributed by atoms with Crippen molar-refractivity contribution in [3.05, 3.63) is 46.2 Å². The van der Waals surface area contributed by atoms with Gasteiger partial charge in [0.2, 0.25) is 5.91 Å². The Balaban J connectivity index is 1.56. The van der Waals surface area contributed by atoms with Gasteiger partial charge < -0.3 is 10.1 Å². The van der Waals surface area contributed by atoms with Gasteiger partial charge in [-0.1, -0.05) is 12.1 Å². The molecule has 0 radical (unpaired) electrons. The summed E-state index contributed by atoms with van der Waals surface area (Å²) in [6.45, 7) is 6.05. The van der Waals surface area contributed by atoms with Crippen LogP contribution in [-0.4, -0.2) is 42.0 Å². The molecule has 0 aliphatic carbocycles. The lowest BCUT2D eigenvalue weighted by Crippen LogP contribution is -2.42. The molecule has 7 heteroatoms. The Hall–Kier alpha value is -1.83. The van der Waals surface area contributed by atoms with Crippen LogP contribution in [0.25, 0.3) is 0 Å². The monoisotopic (exact) mass is 349 g/mol. The number of anilines is 1. The van der Waals surface area contributed by atoms with Crippen molar-refractivity contribution in [2.45, 2.75) is 20.0 Å². The molecule has 0 saturated carbocycles. The Morgan fingerprint density at radius 3 is 2.83 bits per heavy atom. The number of carbonyl (C=O) groups excluding carboxylic acids is 1. The van der Waals surface area contributed by atoms with Gasteiger partial charge in [-0.15, -0.1) is 11.3 Å². The number of carbonyl (C=O) groups is 1.